The zero-order valence-electron chi connectivity index (χ0n) is 14.2. The Bertz CT molecular complexity index is 835. The number of H-pyrrole nitrogens is 1. The fraction of sp³-hybridized carbons (Fsp3) is 0.353. The molecule has 0 bridgehead atoms. The lowest BCUT2D eigenvalue weighted by atomic mass is 10.2. The van der Waals surface area contributed by atoms with Crippen molar-refractivity contribution < 1.29 is 10.0 Å². The SMILES string of the molecule is Cc1ccc(-n2c(O)c(C=NCCC[NH+](C)C)c(=O)[nH]c2=S)cc1. The number of nitrogens with one attached hydrogen (secondary N) is 2. The van der Waals surface area contributed by atoms with Gasteiger partial charge in [0.2, 0.25) is 5.88 Å². The molecule has 7 heteroatoms. The summed E-state index contributed by atoms with van der Waals surface area (Å²) in [5, 5.41) is 10.5. The number of aromatic nitrogens is 2. The molecule has 0 aliphatic rings. The van der Waals surface area contributed by atoms with Gasteiger partial charge in [-0.1, -0.05) is 17.7 Å². The highest BCUT2D eigenvalue weighted by atomic mass is 32.1. The lowest BCUT2D eigenvalue weighted by Crippen LogP contribution is -3.05. The molecular weight excluding hydrogens is 324 g/mol. The number of aromatic amines is 1. The van der Waals surface area contributed by atoms with E-state index in [0.29, 0.717) is 12.2 Å². The first-order chi connectivity index (χ1) is 11.4. The van der Waals surface area contributed by atoms with E-state index in [1.165, 1.54) is 15.7 Å². The summed E-state index contributed by atoms with van der Waals surface area (Å²) >= 11 is 5.18. The van der Waals surface area contributed by atoms with Crippen molar-refractivity contribution in [2.45, 2.75) is 13.3 Å². The lowest BCUT2D eigenvalue weighted by molar-refractivity contribution is -0.858. The fourth-order valence-corrected chi connectivity index (χ4v) is 2.55. The van der Waals surface area contributed by atoms with Gasteiger partial charge in [-0.2, -0.15) is 0 Å². The minimum absolute atomic E-state index is 0.112. The molecule has 0 aliphatic carbocycles. The van der Waals surface area contributed by atoms with Crippen LogP contribution in [-0.2, 0) is 0 Å². The molecule has 0 atom stereocenters. The summed E-state index contributed by atoms with van der Waals surface area (Å²) in [4.78, 5) is 20.3. The predicted molar refractivity (Wildman–Crippen MR) is 98.4 cm³/mol. The molecule has 1 aromatic carbocycles. The van der Waals surface area contributed by atoms with Gasteiger partial charge in [0.1, 0.15) is 5.56 Å². The Kier molecular flexibility index (Phi) is 6.05. The summed E-state index contributed by atoms with van der Waals surface area (Å²) in [5.74, 6) is -0.199. The number of nitrogens with zero attached hydrogens (tertiary/aromatic N) is 2. The zero-order valence-corrected chi connectivity index (χ0v) is 15.0. The second-order valence-electron chi connectivity index (χ2n) is 6.01. The Morgan fingerprint density at radius 3 is 2.62 bits per heavy atom. The van der Waals surface area contributed by atoms with Crippen LogP contribution in [0.3, 0.4) is 0 Å². The fourth-order valence-electron chi connectivity index (χ4n) is 2.27. The summed E-state index contributed by atoms with van der Waals surface area (Å²) in [7, 11) is 4.15. The number of benzene rings is 1. The number of hydrogen-bond donors (Lipinski definition) is 3. The van der Waals surface area contributed by atoms with Crippen LogP contribution < -0.4 is 10.5 Å². The van der Waals surface area contributed by atoms with Crippen LogP contribution in [0.2, 0.25) is 0 Å². The minimum atomic E-state index is -0.442. The Morgan fingerprint density at radius 2 is 2.00 bits per heavy atom. The zero-order chi connectivity index (χ0) is 17.7. The first-order valence-corrected chi connectivity index (χ1v) is 8.25. The Hall–Kier alpha value is -2.25. The van der Waals surface area contributed by atoms with Gasteiger partial charge in [-0.25, -0.2) is 0 Å². The van der Waals surface area contributed by atoms with Gasteiger partial charge in [-0.3, -0.25) is 19.3 Å². The van der Waals surface area contributed by atoms with E-state index in [0.717, 1.165) is 18.5 Å². The molecule has 0 unspecified atom stereocenters. The smallest absolute Gasteiger partial charge is 0.264 e. The van der Waals surface area contributed by atoms with Crippen LogP contribution in [-0.4, -0.2) is 48.1 Å². The van der Waals surface area contributed by atoms with E-state index in [-0.39, 0.29) is 16.2 Å². The molecule has 3 N–H and O–H groups in total. The molecule has 0 spiro atoms. The molecular formula is C17H23N4O2S+. The van der Waals surface area contributed by atoms with Crippen molar-refractivity contribution in [2.75, 3.05) is 27.2 Å². The van der Waals surface area contributed by atoms with E-state index in [9.17, 15) is 9.90 Å². The van der Waals surface area contributed by atoms with Crippen LogP contribution in [0.4, 0.5) is 0 Å². The second-order valence-corrected chi connectivity index (χ2v) is 6.40. The monoisotopic (exact) mass is 347 g/mol. The lowest BCUT2D eigenvalue weighted by Gasteiger charge is -2.11. The number of aliphatic imine (C=N–C) groups is 1. The van der Waals surface area contributed by atoms with Gasteiger partial charge < -0.3 is 10.0 Å². The molecule has 24 heavy (non-hydrogen) atoms. The van der Waals surface area contributed by atoms with Crippen molar-refractivity contribution in [3.8, 4) is 11.6 Å². The molecule has 6 nitrogen and oxygen atoms in total. The molecule has 0 radical (unpaired) electrons. The van der Waals surface area contributed by atoms with E-state index in [1.54, 1.807) is 0 Å². The van der Waals surface area contributed by atoms with Crippen molar-refractivity contribution in [2.24, 2.45) is 4.99 Å². The second kappa shape index (κ2) is 8.03. The maximum atomic E-state index is 12.1. The van der Waals surface area contributed by atoms with Crippen LogP contribution in [0.15, 0.2) is 34.1 Å². The molecule has 0 saturated heterocycles. The van der Waals surface area contributed by atoms with E-state index in [1.807, 2.05) is 31.2 Å². The van der Waals surface area contributed by atoms with Gasteiger partial charge in [0.25, 0.3) is 5.56 Å². The topological polar surface area (TPSA) is 74.8 Å². The largest absolute Gasteiger partial charge is 0.494 e. The quantitative estimate of drug-likeness (QED) is 0.412. The van der Waals surface area contributed by atoms with E-state index < -0.39 is 5.56 Å². The molecule has 0 aliphatic heterocycles. The maximum Gasteiger partial charge on any atom is 0.264 e. The molecule has 0 fully saturated rings. The van der Waals surface area contributed by atoms with E-state index in [4.69, 9.17) is 12.2 Å². The van der Waals surface area contributed by atoms with Crippen molar-refractivity contribution in [3.63, 3.8) is 0 Å². The Labute approximate surface area is 146 Å². The summed E-state index contributed by atoms with van der Waals surface area (Å²) in [6.45, 7) is 3.57. The van der Waals surface area contributed by atoms with Crippen LogP contribution in [0, 0.1) is 11.7 Å². The van der Waals surface area contributed by atoms with Gasteiger partial charge in [-0.15, -0.1) is 0 Å². The summed E-state index contributed by atoms with van der Waals surface area (Å²) < 4.78 is 1.58. The molecule has 1 heterocycles. The van der Waals surface area contributed by atoms with Crippen LogP contribution in [0.1, 0.15) is 17.5 Å². The number of rotatable bonds is 6. The van der Waals surface area contributed by atoms with Gasteiger partial charge in [0.15, 0.2) is 4.77 Å². The highest BCUT2D eigenvalue weighted by Crippen LogP contribution is 2.18. The third-order valence-electron chi connectivity index (χ3n) is 3.60. The van der Waals surface area contributed by atoms with E-state index in [2.05, 4.69) is 24.1 Å². The summed E-state index contributed by atoms with van der Waals surface area (Å²) in [6.07, 6.45) is 2.33. The number of quaternary nitrogens is 1. The van der Waals surface area contributed by atoms with Gasteiger partial charge >= 0.3 is 0 Å². The Balaban J connectivity index is 2.34. The van der Waals surface area contributed by atoms with Crippen molar-refractivity contribution in [3.05, 3.63) is 50.5 Å². The first kappa shape index (κ1) is 18.1. The number of aryl methyl sites for hydroxylation is 1. The van der Waals surface area contributed by atoms with Crippen LogP contribution in [0.25, 0.3) is 5.69 Å². The normalized spacial score (nSPS) is 11.5. The van der Waals surface area contributed by atoms with Gasteiger partial charge in [0.05, 0.1) is 26.3 Å². The molecule has 2 aromatic rings. The molecule has 128 valence electrons. The standard InChI is InChI=1S/C17H22N4O2S/c1-12-5-7-13(8-6-12)21-16(23)14(15(22)19-17(21)24)11-18-9-4-10-20(2)3/h5-8,11,23H,4,9-10H2,1-3H3,(H,19,22,24)/p+1. The van der Waals surface area contributed by atoms with E-state index >= 15 is 0 Å². The van der Waals surface area contributed by atoms with Crippen molar-refractivity contribution >= 4 is 18.4 Å². The minimum Gasteiger partial charge on any atom is -0.494 e. The van der Waals surface area contributed by atoms with Crippen molar-refractivity contribution in [1.82, 2.24) is 9.55 Å². The predicted octanol–water partition coefficient (Wildman–Crippen LogP) is 0.863. The van der Waals surface area contributed by atoms with Crippen LogP contribution >= 0.6 is 12.2 Å². The van der Waals surface area contributed by atoms with Crippen molar-refractivity contribution in [1.29, 1.82) is 0 Å². The first-order valence-electron chi connectivity index (χ1n) is 7.84. The van der Waals surface area contributed by atoms with Gasteiger partial charge in [-0.05, 0) is 31.3 Å². The highest BCUT2D eigenvalue weighted by molar-refractivity contribution is 7.71. The highest BCUT2D eigenvalue weighted by Gasteiger charge is 2.12. The van der Waals surface area contributed by atoms with Crippen LogP contribution in [0.5, 0.6) is 5.88 Å². The molecule has 0 amide bonds. The average molecular weight is 347 g/mol. The molecule has 2 rings (SSSR count). The average Bonchev–Trinajstić information content (AvgIpc) is 2.51. The summed E-state index contributed by atoms with van der Waals surface area (Å²) in [5.41, 5.74) is 1.45. The maximum absolute atomic E-state index is 12.1. The Morgan fingerprint density at radius 1 is 1.33 bits per heavy atom. The summed E-state index contributed by atoms with van der Waals surface area (Å²) in [6, 6.07) is 7.51. The van der Waals surface area contributed by atoms with Gasteiger partial charge in [0, 0.05) is 19.2 Å². The molecule has 1 aromatic heterocycles. The number of aromatic hydroxyl groups is 1. The third kappa shape index (κ3) is 4.39. The third-order valence-corrected chi connectivity index (χ3v) is 3.88. The number of hydrogen-bond acceptors (Lipinski definition) is 4. The molecule has 0 saturated carbocycles.